The molecule has 1 saturated heterocycles. The second kappa shape index (κ2) is 15.8. The zero-order valence-electron chi connectivity index (χ0n) is 32.3. The summed E-state index contributed by atoms with van der Waals surface area (Å²) in [7, 11) is 0. The molecule has 0 spiro atoms. The monoisotopic (exact) mass is 822 g/mol. The number of thiazole rings is 1. The fourth-order valence-electron chi connectivity index (χ4n) is 8.81. The SMILES string of the molecule is Cc1ncsc1-c1ccc([C@H](CCCCN2CCC(c3ccc4c(c3)n(C3CCCC3)c3nc(=O)c5c(Br)cccc5n43)CC2)NC(=O)OC(C)(C)C)cc1. The van der Waals surface area contributed by atoms with E-state index in [1.165, 1.54) is 28.8 Å². The number of piperidine rings is 1. The highest BCUT2D eigenvalue weighted by molar-refractivity contribution is 9.10. The number of amides is 1. The fraction of sp³-hybridized carbons (Fsp3) is 0.455. The van der Waals surface area contributed by atoms with Gasteiger partial charge in [0.25, 0.3) is 5.56 Å². The van der Waals surface area contributed by atoms with E-state index in [-0.39, 0.29) is 17.7 Å². The number of hydrogen-bond acceptors (Lipinski definition) is 7. The summed E-state index contributed by atoms with van der Waals surface area (Å²) in [5.74, 6) is 1.25. The lowest BCUT2D eigenvalue weighted by molar-refractivity contribution is 0.0500. The number of carbonyl (C=O) groups is 1. The van der Waals surface area contributed by atoms with Crippen molar-refractivity contribution in [1.29, 1.82) is 0 Å². The summed E-state index contributed by atoms with van der Waals surface area (Å²) < 4.78 is 11.0. The minimum atomic E-state index is -0.557. The van der Waals surface area contributed by atoms with Crippen molar-refractivity contribution in [2.45, 2.75) is 109 Å². The third-order valence-corrected chi connectivity index (χ3v) is 13.2. The number of rotatable bonds is 10. The van der Waals surface area contributed by atoms with Gasteiger partial charge in [-0.2, -0.15) is 4.98 Å². The Morgan fingerprint density at radius 1 is 0.982 bits per heavy atom. The van der Waals surface area contributed by atoms with Crippen LogP contribution in [0.1, 0.15) is 113 Å². The predicted molar refractivity (Wildman–Crippen MR) is 226 cm³/mol. The first-order valence-electron chi connectivity index (χ1n) is 19.9. The summed E-state index contributed by atoms with van der Waals surface area (Å²) in [6.07, 6.45) is 9.42. The van der Waals surface area contributed by atoms with Crippen LogP contribution in [0.3, 0.4) is 0 Å². The Morgan fingerprint density at radius 3 is 2.45 bits per heavy atom. The second-order valence-corrected chi connectivity index (χ2v) is 18.2. The number of nitrogens with zero attached hydrogens (tertiary/aromatic N) is 5. The number of aryl methyl sites for hydroxylation is 1. The van der Waals surface area contributed by atoms with E-state index in [2.05, 4.69) is 82.6 Å². The number of hydrogen-bond donors (Lipinski definition) is 1. The molecular formula is C44H51BrN6O3S. The van der Waals surface area contributed by atoms with Crippen molar-refractivity contribution in [1.82, 2.24) is 29.2 Å². The molecule has 11 heteroatoms. The van der Waals surface area contributed by atoms with Gasteiger partial charge in [-0.3, -0.25) is 9.20 Å². The van der Waals surface area contributed by atoms with Gasteiger partial charge in [-0.15, -0.1) is 11.3 Å². The van der Waals surface area contributed by atoms with E-state index in [0.717, 1.165) is 103 Å². The van der Waals surface area contributed by atoms with Crippen molar-refractivity contribution in [3.8, 4) is 10.4 Å². The molecular weight excluding hydrogens is 772 g/mol. The van der Waals surface area contributed by atoms with Gasteiger partial charge in [-0.1, -0.05) is 49.2 Å². The van der Waals surface area contributed by atoms with Gasteiger partial charge in [0.15, 0.2) is 0 Å². The molecule has 8 rings (SSSR count). The smallest absolute Gasteiger partial charge is 0.408 e. The number of alkyl carbamates (subject to hydrolysis) is 1. The molecule has 1 aliphatic carbocycles. The Kier molecular flexibility index (Phi) is 10.9. The summed E-state index contributed by atoms with van der Waals surface area (Å²) in [5, 5.41) is 3.80. The summed E-state index contributed by atoms with van der Waals surface area (Å²) in [6.45, 7) is 10.9. The first-order chi connectivity index (χ1) is 26.5. The molecule has 55 heavy (non-hydrogen) atoms. The zero-order valence-corrected chi connectivity index (χ0v) is 34.7. The van der Waals surface area contributed by atoms with E-state index in [0.29, 0.717) is 17.3 Å². The Bertz CT molecular complexity index is 2380. The highest BCUT2D eigenvalue weighted by Gasteiger charge is 2.27. The van der Waals surface area contributed by atoms with Crippen LogP contribution in [0.4, 0.5) is 4.79 Å². The van der Waals surface area contributed by atoms with Crippen LogP contribution in [0, 0.1) is 6.92 Å². The van der Waals surface area contributed by atoms with E-state index < -0.39 is 5.60 Å². The van der Waals surface area contributed by atoms with Crippen LogP contribution in [0.25, 0.3) is 38.2 Å². The maximum Gasteiger partial charge on any atom is 0.408 e. The van der Waals surface area contributed by atoms with Crippen LogP contribution in [-0.4, -0.2) is 55.2 Å². The number of halogens is 1. The summed E-state index contributed by atoms with van der Waals surface area (Å²) in [6, 6.07) is 21.7. The first kappa shape index (κ1) is 37.8. The average molecular weight is 824 g/mol. The molecule has 1 atom stereocenters. The molecule has 1 aliphatic heterocycles. The fourth-order valence-corrected chi connectivity index (χ4v) is 10.1. The number of nitrogens with one attached hydrogen (secondary N) is 1. The van der Waals surface area contributed by atoms with Gasteiger partial charge in [0, 0.05) is 10.5 Å². The Labute approximate surface area is 335 Å². The molecule has 1 saturated carbocycles. The third kappa shape index (κ3) is 7.98. The van der Waals surface area contributed by atoms with Crippen LogP contribution in [0.15, 0.2) is 75.4 Å². The Morgan fingerprint density at radius 2 is 1.75 bits per heavy atom. The summed E-state index contributed by atoms with van der Waals surface area (Å²) >= 11 is 5.27. The quantitative estimate of drug-likeness (QED) is 0.138. The molecule has 0 unspecified atom stereocenters. The normalized spacial score (nSPS) is 16.7. The molecule has 0 bridgehead atoms. The molecule has 9 nitrogen and oxygen atoms in total. The molecule has 2 fully saturated rings. The molecule has 0 radical (unpaired) electrons. The summed E-state index contributed by atoms with van der Waals surface area (Å²) in [5.41, 5.74) is 9.01. The number of fused-ring (bicyclic) bond motifs is 5. The Balaban J connectivity index is 0.930. The number of aromatic nitrogens is 4. The third-order valence-electron chi connectivity index (χ3n) is 11.5. The van der Waals surface area contributed by atoms with Gasteiger partial charge in [-0.25, -0.2) is 9.78 Å². The molecule has 4 heterocycles. The lowest BCUT2D eigenvalue weighted by Crippen LogP contribution is -2.35. The van der Waals surface area contributed by atoms with Gasteiger partial charge in [0.05, 0.1) is 44.1 Å². The Hall–Kier alpha value is -4.06. The zero-order chi connectivity index (χ0) is 38.3. The van der Waals surface area contributed by atoms with Gasteiger partial charge in [0.2, 0.25) is 5.78 Å². The minimum absolute atomic E-state index is 0.125. The molecule has 3 aromatic heterocycles. The van der Waals surface area contributed by atoms with Gasteiger partial charge < -0.3 is 19.5 Å². The number of imidazole rings is 1. The lowest BCUT2D eigenvalue weighted by atomic mass is 9.89. The van der Waals surface area contributed by atoms with Crippen molar-refractivity contribution >= 4 is 61.1 Å². The maximum absolute atomic E-state index is 13.3. The first-order valence-corrected chi connectivity index (χ1v) is 21.6. The standard InChI is InChI=1S/C44H51BrN6O3S/c1-28-40(55-27-46-28)31-17-15-30(16-18-31)35(47-43(53)54-44(2,3)4)13-7-8-23-49-24-21-29(22-25-49)32-19-20-36-38(26-32)50(33-10-5-6-11-33)42-48-41(52)39-34(45)12-9-14-37(39)51(36)42/h9,12,14-20,26-27,29,33,35H,5-8,10-11,13,21-25H2,1-4H3,(H,47,53)/t35-/m0/s1. The number of likely N-dealkylation sites (tertiary alicyclic amines) is 1. The van der Waals surface area contributed by atoms with E-state index in [4.69, 9.17) is 9.72 Å². The van der Waals surface area contributed by atoms with Crippen molar-refractivity contribution in [3.05, 3.63) is 97.8 Å². The number of carbonyl (C=O) groups excluding carboxylic acids is 1. The van der Waals surface area contributed by atoms with E-state index in [1.807, 2.05) is 51.4 Å². The number of unbranched alkanes of at least 4 members (excludes halogenated alkanes) is 1. The average Bonchev–Trinajstić information content (AvgIpc) is 3.91. The maximum atomic E-state index is 13.3. The van der Waals surface area contributed by atoms with Crippen LogP contribution in [0.2, 0.25) is 0 Å². The number of benzene rings is 3. The second-order valence-electron chi connectivity index (χ2n) is 16.4. The van der Waals surface area contributed by atoms with Crippen molar-refractivity contribution in [2.75, 3.05) is 19.6 Å². The highest BCUT2D eigenvalue weighted by Crippen LogP contribution is 2.38. The topological polar surface area (TPSA) is 93.8 Å². The van der Waals surface area contributed by atoms with E-state index >= 15 is 0 Å². The van der Waals surface area contributed by atoms with Crippen LogP contribution in [0.5, 0.6) is 0 Å². The van der Waals surface area contributed by atoms with Crippen LogP contribution < -0.4 is 10.9 Å². The molecule has 288 valence electrons. The van der Waals surface area contributed by atoms with Crippen molar-refractivity contribution < 1.29 is 9.53 Å². The highest BCUT2D eigenvalue weighted by atomic mass is 79.9. The molecule has 2 aliphatic rings. The van der Waals surface area contributed by atoms with Gasteiger partial charge in [-0.05, 0) is 155 Å². The van der Waals surface area contributed by atoms with Gasteiger partial charge >= 0.3 is 6.09 Å². The summed E-state index contributed by atoms with van der Waals surface area (Å²) in [4.78, 5) is 39.1. The lowest BCUT2D eigenvalue weighted by Gasteiger charge is -2.32. The van der Waals surface area contributed by atoms with Crippen LogP contribution >= 0.6 is 27.3 Å². The van der Waals surface area contributed by atoms with Gasteiger partial charge in [0.1, 0.15) is 5.60 Å². The van der Waals surface area contributed by atoms with E-state index in [1.54, 1.807) is 11.3 Å². The predicted octanol–water partition coefficient (Wildman–Crippen LogP) is 10.7. The molecule has 1 N–H and O–H groups in total. The molecule has 3 aromatic carbocycles. The molecule has 1 amide bonds. The number of ether oxygens (including phenoxy) is 1. The van der Waals surface area contributed by atoms with Crippen LogP contribution in [-0.2, 0) is 4.74 Å². The van der Waals surface area contributed by atoms with Crippen molar-refractivity contribution in [2.24, 2.45) is 0 Å². The molecule has 6 aromatic rings. The minimum Gasteiger partial charge on any atom is -0.444 e. The largest absolute Gasteiger partial charge is 0.444 e. The van der Waals surface area contributed by atoms with E-state index in [9.17, 15) is 9.59 Å². The van der Waals surface area contributed by atoms with Crippen molar-refractivity contribution in [3.63, 3.8) is 0 Å².